The molecule has 2 nitrogen and oxygen atoms in total. The van der Waals surface area contributed by atoms with E-state index in [1.807, 2.05) is 42.5 Å². The molecule has 0 spiro atoms. The van der Waals surface area contributed by atoms with Crippen LogP contribution in [0.2, 0.25) is 0 Å². The van der Waals surface area contributed by atoms with Crippen molar-refractivity contribution < 1.29 is 5.11 Å². The van der Waals surface area contributed by atoms with Crippen LogP contribution in [-0.4, -0.2) is 10.1 Å². The van der Waals surface area contributed by atoms with Crippen LogP contribution in [0.1, 0.15) is 34.1 Å². The molecule has 0 aliphatic carbocycles. The lowest BCUT2D eigenvalue weighted by molar-refractivity contribution is 0.215. The van der Waals surface area contributed by atoms with Crippen LogP contribution in [-0.2, 0) is 0 Å². The summed E-state index contributed by atoms with van der Waals surface area (Å²) in [4.78, 5) is 4.61. The highest BCUT2D eigenvalue weighted by molar-refractivity contribution is 5.82. The van der Waals surface area contributed by atoms with Gasteiger partial charge in [0.15, 0.2) is 0 Å². The van der Waals surface area contributed by atoms with Crippen LogP contribution in [0.5, 0.6) is 0 Å². The van der Waals surface area contributed by atoms with Crippen molar-refractivity contribution in [3.05, 3.63) is 76.5 Å². The zero-order valence-corrected chi connectivity index (χ0v) is 12.6. The number of hydrogen-bond donors (Lipinski definition) is 1. The maximum absolute atomic E-state index is 10.6. The second-order valence-electron chi connectivity index (χ2n) is 5.63. The molecule has 2 aromatic carbocycles. The van der Waals surface area contributed by atoms with E-state index in [1.165, 1.54) is 11.1 Å². The lowest BCUT2D eigenvalue weighted by atomic mass is 9.99. The normalized spacial score (nSPS) is 12.6. The van der Waals surface area contributed by atoms with Gasteiger partial charge in [-0.1, -0.05) is 36.4 Å². The maximum atomic E-state index is 10.6. The molecule has 0 radical (unpaired) electrons. The molecule has 1 aromatic heterocycles. The molecule has 0 saturated carbocycles. The van der Waals surface area contributed by atoms with Gasteiger partial charge in [-0.3, -0.25) is 0 Å². The zero-order chi connectivity index (χ0) is 15.0. The molecule has 0 amide bonds. The molecule has 3 rings (SSSR count). The van der Waals surface area contributed by atoms with E-state index in [1.54, 1.807) is 0 Å². The molecule has 21 heavy (non-hydrogen) atoms. The minimum Gasteiger partial charge on any atom is -0.382 e. The van der Waals surface area contributed by atoms with Crippen molar-refractivity contribution in [1.29, 1.82) is 0 Å². The van der Waals surface area contributed by atoms with Gasteiger partial charge >= 0.3 is 0 Å². The molecule has 1 heterocycles. The van der Waals surface area contributed by atoms with Gasteiger partial charge in [0.25, 0.3) is 0 Å². The van der Waals surface area contributed by atoms with Crippen LogP contribution in [0.4, 0.5) is 0 Å². The number of aryl methyl sites for hydroxylation is 3. The van der Waals surface area contributed by atoms with Gasteiger partial charge in [-0.2, -0.15) is 0 Å². The Kier molecular flexibility index (Phi) is 3.48. The molecule has 1 N–H and O–H groups in total. The fraction of sp³-hybridized carbons (Fsp3) is 0.211. The van der Waals surface area contributed by atoms with Gasteiger partial charge < -0.3 is 5.11 Å². The summed E-state index contributed by atoms with van der Waals surface area (Å²) in [5, 5.41) is 11.8. The molecule has 0 bridgehead atoms. The molecular weight excluding hydrogens is 258 g/mol. The second-order valence-corrected chi connectivity index (χ2v) is 5.63. The van der Waals surface area contributed by atoms with E-state index < -0.39 is 6.10 Å². The molecule has 106 valence electrons. The van der Waals surface area contributed by atoms with Crippen LogP contribution in [0.15, 0.2) is 48.5 Å². The van der Waals surface area contributed by atoms with Crippen molar-refractivity contribution in [2.75, 3.05) is 0 Å². The van der Waals surface area contributed by atoms with E-state index >= 15 is 0 Å². The summed E-state index contributed by atoms with van der Waals surface area (Å²) in [5.41, 5.74) is 6.07. The average molecular weight is 277 g/mol. The maximum Gasteiger partial charge on any atom is 0.121 e. The first-order valence-electron chi connectivity index (χ1n) is 7.18. The van der Waals surface area contributed by atoms with E-state index in [0.717, 1.165) is 22.0 Å². The second kappa shape index (κ2) is 5.30. The Bertz CT molecular complexity index is 808. The Labute approximate surface area is 125 Å². The Balaban J connectivity index is 2.08. The standard InChI is InChI=1S/C19H19NO/c1-12-8-9-15(10-13(12)2)19(21)18-11-14(3)16-6-4-5-7-17(16)20-18/h4-11,19,21H,1-3H3. The third-order valence-corrected chi connectivity index (χ3v) is 4.07. The smallest absolute Gasteiger partial charge is 0.121 e. The lowest BCUT2D eigenvalue weighted by Gasteiger charge is -2.14. The van der Waals surface area contributed by atoms with E-state index in [4.69, 9.17) is 0 Å². The highest BCUT2D eigenvalue weighted by atomic mass is 16.3. The molecular formula is C19H19NO. The number of fused-ring (bicyclic) bond motifs is 1. The van der Waals surface area contributed by atoms with Gasteiger partial charge in [0.05, 0.1) is 11.2 Å². The predicted molar refractivity (Wildman–Crippen MR) is 86.5 cm³/mol. The average Bonchev–Trinajstić information content (AvgIpc) is 2.49. The third kappa shape index (κ3) is 2.55. The van der Waals surface area contributed by atoms with Gasteiger partial charge in [-0.05, 0) is 55.2 Å². The minimum atomic E-state index is -0.687. The quantitative estimate of drug-likeness (QED) is 0.760. The summed E-state index contributed by atoms with van der Waals surface area (Å²) < 4.78 is 0. The Morgan fingerprint density at radius 1 is 0.857 bits per heavy atom. The largest absolute Gasteiger partial charge is 0.382 e. The number of aliphatic hydroxyl groups excluding tert-OH is 1. The molecule has 0 aliphatic heterocycles. The highest BCUT2D eigenvalue weighted by Gasteiger charge is 2.14. The molecule has 1 unspecified atom stereocenters. The fourth-order valence-electron chi connectivity index (χ4n) is 2.62. The van der Waals surface area contributed by atoms with Crippen LogP contribution in [0.3, 0.4) is 0 Å². The van der Waals surface area contributed by atoms with Crippen molar-refractivity contribution in [3.63, 3.8) is 0 Å². The van der Waals surface area contributed by atoms with Gasteiger partial charge in [0.1, 0.15) is 6.10 Å². The molecule has 2 heteroatoms. The van der Waals surface area contributed by atoms with Crippen LogP contribution in [0.25, 0.3) is 10.9 Å². The number of aliphatic hydroxyl groups is 1. The number of hydrogen-bond acceptors (Lipinski definition) is 2. The summed E-state index contributed by atoms with van der Waals surface area (Å²) in [7, 11) is 0. The summed E-state index contributed by atoms with van der Waals surface area (Å²) in [5.74, 6) is 0. The minimum absolute atomic E-state index is 0.687. The van der Waals surface area contributed by atoms with Crippen molar-refractivity contribution >= 4 is 10.9 Å². The van der Waals surface area contributed by atoms with Gasteiger partial charge in [0.2, 0.25) is 0 Å². The molecule has 0 fully saturated rings. The van der Waals surface area contributed by atoms with Gasteiger partial charge in [0, 0.05) is 5.39 Å². The molecule has 0 saturated heterocycles. The lowest BCUT2D eigenvalue weighted by Crippen LogP contribution is -2.04. The topological polar surface area (TPSA) is 33.1 Å². The van der Waals surface area contributed by atoms with Crippen LogP contribution < -0.4 is 0 Å². The number of para-hydroxylation sites is 1. The van der Waals surface area contributed by atoms with E-state index in [-0.39, 0.29) is 0 Å². The molecule has 3 aromatic rings. The van der Waals surface area contributed by atoms with Crippen molar-refractivity contribution in [2.45, 2.75) is 26.9 Å². The number of aromatic nitrogens is 1. The summed E-state index contributed by atoms with van der Waals surface area (Å²) in [6.45, 7) is 6.19. The van der Waals surface area contributed by atoms with Gasteiger partial charge in [-0.15, -0.1) is 0 Å². The van der Waals surface area contributed by atoms with Crippen molar-refractivity contribution in [2.24, 2.45) is 0 Å². The van der Waals surface area contributed by atoms with E-state index in [2.05, 4.69) is 31.8 Å². The van der Waals surface area contributed by atoms with E-state index in [0.29, 0.717) is 5.69 Å². The number of pyridine rings is 1. The summed E-state index contributed by atoms with van der Waals surface area (Å²) >= 11 is 0. The van der Waals surface area contributed by atoms with Gasteiger partial charge in [-0.25, -0.2) is 4.98 Å². The first-order valence-corrected chi connectivity index (χ1v) is 7.18. The first-order chi connectivity index (χ1) is 10.1. The van der Waals surface area contributed by atoms with Crippen LogP contribution in [0, 0.1) is 20.8 Å². The number of benzene rings is 2. The summed E-state index contributed by atoms with van der Waals surface area (Å²) in [6.07, 6.45) is -0.687. The Morgan fingerprint density at radius 3 is 2.38 bits per heavy atom. The molecule has 1 atom stereocenters. The molecule has 0 aliphatic rings. The highest BCUT2D eigenvalue weighted by Crippen LogP contribution is 2.26. The van der Waals surface area contributed by atoms with Crippen molar-refractivity contribution in [3.8, 4) is 0 Å². The first kappa shape index (κ1) is 13.8. The fourth-order valence-corrected chi connectivity index (χ4v) is 2.62. The van der Waals surface area contributed by atoms with E-state index in [9.17, 15) is 5.11 Å². The Hall–Kier alpha value is -2.19. The summed E-state index contributed by atoms with van der Waals surface area (Å²) in [6, 6.07) is 16.1. The van der Waals surface area contributed by atoms with Crippen molar-refractivity contribution in [1.82, 2.24) is 4.98 Å². The Morgan fingerprint density at radius 2 is 1.62 bits per heavy atom. The third-order valence-electron chi connectivity index (χ3n) is 4.07. The SMILES string of the molecule is Cc1ccc(C(O)c2cc(C)c3ccccc3n2)cc1C. The number of rotatable bonds is 2. The predicted octanol–water partition coefficient (Wildman–Crippen LogP) is 4.24. The van der Waals surface area contributed by atoms with Crippen LogP contribution >= 0.6 is 0 Å². The number of nitrogens with zero attached hydrogens (tertiary/aromatic N) is 1. The zero-order valence-electron chi connectivity index (χ0n) is 12.6. The monoisotopic (exact) mass is 277 g/mol.